The maximum absolute atomic E-state index is 10.7. The minimum absolute atomic E-state index is 0.362. The third-order valence-corrected chi connectivity index (χ3v) is 2.02. The van der Waals surface area contributed by atoms with Gasteiger partial charge in [0.15, 0.2) is 0 Å². The highest BCUT2D eigenvalue weighted by Gasteiger charge is 1.95. The quantitative estimate of drug-likeness (QED) is 0.300. The first-order chi connectivity index (χ1) is 8.31. The number of hydrogen-bond acceptors (Lipinski definition) is 4. The van der Waals surface area contributed by atoms with Crippen molar-refractivity contribution in [3.05, 3.63) is 12.7 Å². The summed E-state index contributed by atoms with van der Waals surface area (Å²) in [5, 5.41) is 0. The van der Waals surface area contributed by atoms with Gasteiger partial charge < -0.3 is 14.2 Å². The highest BCUT2D eigenvalue weighted by atomic mass is 16.5. The standard InChI is InChI=1S/C13H24O4/c1-3-8-15-10-7-11-16-9-5-6-12-17-13(14)4-2/h4H,2-3,5-12H2,1H3. The van der Waals surface area contributed by atoms with E-state index >= 15 is 0 Å². The van der Waals surface area contributed by atoms with Crippen LogP contribution in [-0.4, -0.2) is 39.0 Å². The van der Waals surface area contributed by atoms with Crippen molar-refractivity contribution in [2.24, 2.45) is 0 Å². The summed E-state index contributed by atoms with van der Waals surface area (Å²) in [6, 6.07) is 0. The monoisotopic (exact) mass is 244 g/mol. The smallest absolute Gasteiger partial charge is 0.330 e. The van der Waals surface area contributed by atoms with Gasteiger partial charge in [-0.05, 0) is 25.7 Å². The average molecular weight is 244 g/mol. The molecule has 0 aliphatic carbocycles. The number of carbonyl (C=O) groups excluding carboxylic acids is 1. The Hall–Kier alpha value is -0.870. The second kappa shape index (κ2) is 13.2. The topological polar surface area (TPSA) is 44.8 Å². The van der Waals surface area contributed by atoms with Gasteiger partial charge in [0.1, 0.15) is 0 Å². The Labute approximate surface area is 104 Å². The van der Waals surface area contributed by atoms with Crippen LogP contribution in [0.25, 0.3) is 0 Å². The summed E-state index contributed by atoms with van der Waals surface area (Å²) in [6.45, 7) is 8.89. The Balaban J connectivity index is 2.98. The van der Waals surface area contributed by atoms with Crippen LogP contribution in [0.5, 0.6) is 0 Å². The van der Waals surface area contributed by atoms with E-state index in [1.165, 1.54) is 6.08 Å². The van der Waals surface area contributed by atoms with Crippen LogP contribution in [0.4, 0.5) is 0 Å². The van der Waals surface area contributed by atoms with Crippen LogP contribution in [0.3, 0.4) is 0 Å². The lowest BCUT2D eigenvalue weighted by atomic mass is 10.3. The Morgan fingerprint density at radius 2 is 1.59 bits per heavy atom. The zero-order valence-electron chi connectivity index (χ0n) is 10.8. The van der Waals surface area contributed by atoms with Crippen molar-refractivity contribution >= 4 is 5.97 Å². The molecule has 0 aromatic carbocycles. The van der Waals surface area contributed by atoms with Crippen LogP contribution in [0.2, 0.25) is 0 Å². The van der Waals surface area contributed by atoms with E-state index in [-0.39, 0.29) is 5.97 Å². The molecule has 0 unspecified atom stereocenters. The predicted octanol–water partition coefficient (Wildman–Crippen LogP) is 2.33. The Morgan fingerprint density at radius 3 is 2.24 bits per heavy atom. The second-order valence-electron chi connectivity index (χ2n) is 3.66. The summed E-state index contributed by atoms with van der Waals surface area (Å²) >= 11 is 0. The molecule has 0 saturated heterocycles. The molecule has 4 nitrogen and oxygen atoms in total. The van der Waals surface area contributed by atoms with E-state index in [4.69, 9.17) is 14.2 Å². The molecule has 17 heavy (non-hydrogen) atoms. The molecular weight excluding hydrogens is 220 g/mol. The van der Waals surface area contributed by atoms with Crippen molar-refractivity contribution in [3.63, 3.8) is 0 Å². The highest BCUT2D eigenvalue weighted by Crippen LogP contribution is 1.94. The van der Waals surface area contributed by atoms with Gasteiger partial charge in [-0.2, -0.15) is 0 Å². The van der Waals surface area contributed by atoms with Crippen molar-refractivity contribution in [1.29, 1.82) is 0 Å². The van der Waals surface area contributed by atoms with Gasteiger partial charge in [0.2, 0.25) is 0 Å². The lowest BCUT2D eigenvalue weighted by Gasteiger charge is -2.05. The van der Waals surface area contributed by atoms with Crippen LogP contribution < -0.4 is 0 Å². The van der Waals surface area contributed by atoms with E-state index in [1.54, 1.807) is 0 Å². The van der Waals surface area contributed by atoms with Gasteiger partial charge in [-0.15, -0.1) is 0 Å². The van der Waals surface area contributed by atoms with Crippen LogP contribution in [0.15, 0.2) is 12.7 Å². The molecule has 4 heteroatoms. The summed E-state index contributed by atoms with van der Waals surface area (Å²) in [7, 11) is 0. The fourth-order valence-electron chi connectivity index (χ4n) is 1.15. The number of hydrogen-bond donors (Lipinski definition) is 0. The maximum atomic E-state index is 10.7. The molecule has 0 N–H and O–H groups in total. The lowest BCUT2D eigenvalue weighted by Crippen LogP contribution is -2.05. The SMILES string of the molecule is C=CC(=O)OCCCCOCCCOCCC. The molecule has 0 heterocycles. The highest BCUT2D eigenvalue weighted by molar-refractivity contribution is 5.81. The van der Waals surface area contributed by atoms with Gasteiger partial charge in [0, 0.05) is 32.5 Å². The van der Waals surface area contributed by atoms with Gasteiger partial charge >= 0.3 is 5.97 Å². The van der Waals surface area contributed by atoms with Crippen molar-refractivity contribution in [2.45, 2.75) is 32.6 Å². The molecule has 0 radical (unpaired) electrons. The third kappa shape index (κ3) is 13.1. The fourth-order valence-corrected chi connectivity index (χ4v) is 1.15. The predicted molar refractivity (Wildman–Crippen MR) is 66.9 cm³/mol. The summed E-state index contributed by atoms with van der Waals surface area (Å²) in [5.41, 5.74) is 0. The molecule has 0 aliphatic heterocycles. The molecule has 0 fully saturated rings. The molecule has 0 spiro atoms. The molecule has 0 rings (SSSR count). The normalized spacial score (nSPS) is 10.2. The van der Waals surface area contributed by atoms with Crippen molar-refractivity contribution < 1.29 is 19.0 Å². The molecule has 0 saturated carbocycles. The first kappa shape index (κ1) is 16.1. The molecule has 0 bridgehead atoms. The van der Waals surface area contributed by atoms with Gasteiger partial charge in [-0.1, -0.05) is 13.5 Å². The van der Waals surface area contributed by atoms with E-state index in [0.717, 1.165) is 45.5 Å². The number of carbonyl (C=O) groups is 1. The zero-order chi connectivity index (χ0) is 12.8. The minimum Gasteiger partial charge on any atom is -0.463 e. The molecule has 0 amide bonds. The van der Waals surface area contributed by atoms with Crippen molar-refractivity contribution in [3.8, 4) is 0 Å². The van der Waals surface area contributed by atoms with Crippen LogP contribution in [0, 0.1) is 0 Å². The summed E-state index contributed by atoms with van der Waals surface area (Å²) < 4.78 is 15.6. The van der Waals surface area contributed by atoms with E-state index in [1.807, 2.05) is 0 Å². The average Bonchev–Trinajstić information content (AvgIpc) is 2.35. The molecule has 0 aromatic rings. The van der Waals surface area contributed by atoms with Gasteiger partial charge in [-0.25, -0.2) is 4.79 Å². The van der Waals surface area contributed by atoms with Gasteiger partial charge in [0.05, 0.1) is 6.61 Å². The van der Waals surface area contributed by atoms with E-state index in [0.29, 0.717) is 13.2 Å². The van der Waals surface area contributed by atoms with Crippen LogP contribution >= 0.6 is 0 Å². The van der Waals surface area contributed by atoms with Crippen LogP contribution in [-0.2, 0) is 19.0 Å². The lowest BCUT2D eigenvalue weighted by molar-refractivity contribution is -0.137. The molecule has 100 valence electrons. The van der Waals surface area contributed by atoms with E-state index in [9.17, 15) is 4.79 Å². The van der Waals surface area contributed by atoms with Crippen molar-refractivity contribution in [2.75, 3.05) is 33.0 Å². The minimum atomic E-state index is -0.362. The Bertz CT molecular complexity index is 192. The largest absolute Gasteiger partial charge is 0.463 e. The van der Waals surface area contributed by atoms with Gasteiger partial charge in [-0.3, -0.25) is 0 Å². The summed E-state index contributed by atoms with van der Waals surface area (Å²) in [5.74, 6) is -0.362. The van der Waals surface area contributed by atoms with Crippen molar-refractivity contribution in [1.82, 2.24) is 0 Å². The van der Waals surface area contributed by atoms with E-state index < -0.39 is 0 Å². The number of esters is 1. The molecule has 0 aliphatic rings. The Morgan fingerprint density at radius 1 is 1.00 bits per heavy atom. The first-order valence-corrected chi connectivity index (χ1v) is 6.26. The zero-order valence-corrected chi connectivity index (χ0v) is 10.8. The summed E-state index contributed by atoms with van der Waals surface area (Å²) in [6.07, 6.45) is 4.90. The number of ether oxygens (including phenoxy) is 3. The first-order valence-electron chi connectivity index (χ1n) is 6.26. The molecule has 0 atom stereocenters. The molecule has 0 aromatic heterocycles. The number of unbranched alkanes of at least 4 members (excludes halogenated alkanes) is 1. The third-order valence-electron chi connectivity index (χ3n) is 2.02. The second-order valence-corrected chi connectivity index (χ2v) is 3.66. The number of rotatable bonds is 12. The summed E-state index contributed by atoms with van der Waals surface area (Å²) in [4.78, 5) is 10.7. The molecular formula is C13H24O4. The Kier molecular flexibility index (Phi) is 12.5. The maximum Gasteiger partial charge on any atom is 0.330 e. The van der Waals surface area contributed by atoms with Gasteiger partial charge in [0.25, 0.3) is 0 Å². The van der Waals surface area contributed by atoms with E-state index in [2.05, 4.69) is 13.5 Å². The fraction of sp³-hybridized carbons (Fsp3) is 0.769. The van der Waals surface area contributed by atoms with Crippen LogP contribution in [0.1, 0.15) is 32.6 Å².